The van der Waals surface area contributed by atoms with E-state index in [1.54, 1.807) is 6.20 Å². The summed E-state index contributed by atoms with van der Waals surface area (Å²) in [6, 6.07) is 11.6. The first-order valence-electron chi connectivity index (χ1n) is 8.84. The van der Waals surface area contributed by atoms with E-state index in [1.807, 2.05) is 55.4 Å². The molecule has 1 aromatic carbocycles. The van der Waals surface area contributed by atoms with E-state index < -0.39 is 0 Å². The smallest absolute Gasteiger partial charge is 0.274 e. The maximum absolute atomic E-state index is 12.5. The summed E-state index contributed by atoms with van der Waals surface area (Å²) < 4.78 is 0. The molecule has 5 nitrogen and oxygen atoms in total. The van der Waals surface area contributed by atoms with Gasteiger partial charge >= 0.3 is 0 Å². The first-order valence-corrected chi connectivity index (χ1v) is 8.84. The van der Waals surface area contributed by atoms with Gasteiger partial charge in [-0.25, -0.2) is 0 Å². The Hall–Kier alpha value is -2.56. The van der Waals surface area contributed by atoms with Crippen LogP contribution in [-0.2, 0) is 0 Å². The van der Waals surface area contributed by atoms with Gasteiger partial charge in [0.15, 0.2) is 0 Å². The molecule has 0 aliphatic carbocycles. The van der Waals surface area contributed by atoms with E-state index in [0.29, 0.717) is 5.69 Å². The highest BCUT2D eigenvalue weighted by atomic mass is 16.1. The molecule has 0 saturated carbocycles. The Labute approximate surface area is 150 Å². The average molecular weight is 340 g/mol. The van der Waals surface area contributed by atoms with Gasteiger partial charge in [0.05, 0.1) is 0 Å². The van der Waals surface area contributed by atoms with Crippen LogP contribution in [0.5, 0.6) is 0 Å². The molecule has 0 fully saturated rings. The number of pyridine rings is 1. The van der Waals surface area contributed by atoms with Gasteiger partial charge in [0.2, 0.25) is 0 Å². The van der Waals surface area contributed by atoms with E-state index in [9.17, 15) is 4.79 Å². The molecule has 1 aromatic heterocycles. The Morgan fingerprint density at radius 2 is 1.64 bits per heavy atom. The third kappa shape index (κ3) is 5.21. The first-order chi connectivity index (χ1) is 12.0. The van der Waals surface area contributed by atoms with Crippen LogP contribution in [-0.4, -0.2) is 38.1 Å². The van der Waals surface area contributed by atoms with Gasteiger partial charge < -0.3 is 15.1 Å². The number of rotatable bonds is 8. The topological polar surface area (TPSA) is 48.5 Å². The molecule has 1 amide bonds. The number of hydrogen-bond donors (Lipinski definition) is 1. The standard InChI is InChI=1S/C20H28N4O/c1-5-13-24(14-6-2)18-11-12-21-19(15-18)20(25)22-16-7-9-17(10-8-16)23(3)4/h7-12,15H,5-6,13-14H2,1-4H3,(H,22,25). The number of nitrogens with one attached hydrogen (secondary N) is 1. The zero-order valence-corrected chi connectivity index (χ0v) is 15.6. The SMILES string of the molecule is CCCN(CCC)c1ccnc(C(=O)Nc2ccc(N(C)C)cc2)c1. The molecule has 2 rings (SSSR count). The highest BCUT2D eigenvalue weighted by Gasteiger charge is 2.11. The van der Waals surface area contributed by atoms with Crippen LogP contribution in [0, 0.1) is 0 Å². The van der Waals surface area contributed by atoms with Gasteiger partial charge in [-0.3, -0.25) is 9.78 Å². The monoisotopic (exact) mass is 340 g/mol. The molecular weight excluding hydrogens is 312 g/mol. The van der Waals surface area contributed by atoms with E-state index in [4.69, 9.17) is 0 Å². The molecule has 0 atom stereocenters. The highest BCUT2D eigenvalue weighted by Crippen LogP contribution is 2.18. The fourth-order valence-corrected chi connectivity index (χ4v) is 2.69. The van der Waals surface area contributed by atoms with Crippen molar-refractivity contribution in [3.05, 3.63) is 48.3 Å². The normalized spacial score (nSPS) is 10.4. The molecule has 0 bridgehead atoms. The Bertz CT molecular complexity index is 676. The summed E-state index contributed by atoms with van der Waals surface area (Å²) in [5.74, 6) is -0.188. The Morgan fingerprint density at radius 3 is 2.20 bits per heavy atom. The number of hydrogen-bond acceptors (Lipinski definition) is 4. The number of anilines is 3. The van der Waals surface area contributed by atoms with Crippen molar-refractivity contribution < 1.29 is 4.79 Å². The number of aromatic nitrogens is 1. The van der Waals surface area contributed by atoms with Crippen LogP contribution in [0.15, 0.2) is 42.6 Å². The molecule has 0 aliphatic rings. The van der Waals surface area contributed by atoms with Crippen LogP contribution in [0.3, 0.4) is 0 Å². The second kappa shape index (κ2) is 9.06. The highest BCUT2D eigenvalue weighted by molar-refractivity contribution is 6.03. The van der Waals surface area contributed by atoms with Crippen molar-refractivity contribution >= 4 is 23.0 Å². The fourth-order valence-electron chi connectivity index (χ4n) is 2.69. The quantitative estimate of drug-likeness (QED) is 0.788. The van der Waals surface area contributed by atoms with Gasteiger partial charge in [0.1, 0.15) is 5.69 Å². The lowest BCUT2D eigenvalue weighted by molar-refractivity contribution is 0.102. The maximum Gasteiger partial charge on any atom is 0.274 e. The molecule has 1 N–H and O–H groups in total. The Kier molecular flexibility index (Phi) is 6.81. The Morgan fingerprint density at radius 1 is 1.00 bits per heavy atom. The molecule has 5 heteroatoms. The first kappa shape index (κ1) is 18.8. The lowest BCUT2D eigenvalue weighted by Crippen LogP contribution is -2.25. The summed E-state index contributed by atoms with van der Waals surface area (Å²) in [6.45, 7) is 6.28. The van der Waals surface area contributed by atoms with Crippen molar-refractivity contribution in [2.24, 2.45) is 0 Å². The summed E-state index contributed by atoms with van der Waals surface area (Å²) in [7, 11) is 3.97. The summed E-state index contributed by atoms with van der Waals surface area (Å²) in [6.07, 6.45) is 3.85. The third-order valence-corrected chi connectivity index (χ3v) is 3.97. The molecule has 0 radical (unpaired) electrons. The van der Waals surface area contributed by atoms with Crippen molar-refractivity contribution in [1.82, 2.24) is 4.98 Å². The Balaban J connectivity index is 2.12. The molecule has 2 aromatic rings. The molecule has 0 aliphatic heterocycles. The van der Waals surface area contributed by atoms with E-state index >= 15 is 0 Å². The lowest BCUT2D eigenvalue weighted by atomic mass is 10.2. The van der Waals surface area contributed by atoms with Crippen LogP contribution in [0.2, 0.25) is 0 Å². The molecule has 0 saturated heterocycles. The minimum Gasteiger partial charge on any atom is -0.378 e. The third-order valence-electron chi connectivity index (χ3n) is 3.97. The van der Waals surface area contributed by atoms with Crippen molar-refractivity contribution in [3.63, 3.8) is 0 Å². The summed E-state index contributed by atoms with van der Waals surface area (Å²) in [5.41, 5.74) is 3.34. The predicted octanol–water partition coefficient (Wildman–Crippen LogP) is 4.03. The van der Waals surface area contributed by atoms with E-state index in [2.05, 4.69) is 29.0 Å². The van der Waals surface area contributed by atoms with E-state index in [1.165, 1.54) is 0 Å². The van der Waals surface area contributed by atoms with Crippen molar-refractivity contribution in [2.75, 3.05) is 42.3 Å². The minimum atomic E-state index is -0.188. The van der Waals surface area contributed by atoms with Crippen LogP contribution >= 0.6 is 0 Å². The molecule has 0 spiro atoms. The molecular formula is C20H28N4O. The molecule has 1 heterocycles. The van der Waals surface area contributed by atoms with Gasteiger partial charge in [0.25, 0.3) is 5.91 Å². The van der Waals surface area contributed by atoms with Crippen LogP contribution in [0.1, 0.15) is 37.2 Å². The second-order valence-corrected chi connectivity index (χ2v) is 6.28. The number of nitrogens with zero attached hydrogens (tertiary/aromatic N) is 3. The maximum atomic E-state index is 12.5. The lowest BCUT2D eigenvalue weighted by Gasteiger charge is -2.23. The minimum absolute atomic E-state index is 0.188. The van der Waals surface area contributed by atoms with Gasteiger partial charge in [-0.2, -0.15) is 0 Å². The zero-order chi connectivity index (χ0) is 18.2. The molecule has 0 unspecified atom stereocenters. The fraction of sp³-hybridized carbons (Fsp3) is 0.400. The van der Waals surface area contributed by atoms with E-state index in [0.717, 1.165) is 43.0 Å². The summed E-state index contributed by atoms with van der Waals surface area (Å²) in [5, 5.41) is 2.92. The van der Waals surface area contributed by atoms with Crippen molar-refractivity contribution in [1.29, 1.82) is 0 Å². The average Bonchev–Trinajstić information content (AvgIpc) is 2.62. The number of carbonyl (C=O) groups excluding carboxylic acids is 1. The summed E-state index contributed by atoms with van der Waals surface area (Å²) in [4.78, 5) is 21.1. The van der Waals surface area contributed by atoms with Crippen molar-refractivity contribution in [3.8, 4) is 0 Å². The number of amides is 1. The predicted molar refractivity (Wildman–Crippen MR) is 106 cm³/mol. The number of carbonyl (C=O) groups is 1. The molecule has 25 heavy (non-hydrogen) atoms. The summed E-state index contributed by atoms with van der Waals surface area (Å²) >= 11 is 0. The second-order valence-electron chi connectivity index (χ2n) is 6.28. The van der Waals surface area contributed by atoms with Crippen LogP contribution < -0.4 is 15.1 Å². The largest absolute Gasteiger partial charge is 0.378 e. The van der Waals surface area contributed by atoms with E-state index in [-0.39, 0.29) is 5.91 Å². The molecule has 134 valence electrons. The van der Waals surface area contributed by atoms with Crippen LogP contribution in [0.25, 0.3) is 0 Å². The van der Waals surface area contributed by atoms with Crippen molar-refractivity contribution in [2.45, 2.75) is 26.7 Å². The van der Waals surface area contributed by atoms with Gasteiger partial charge in [-0.15, -0.1) is 0 Å². The van der Waals surface area contributed by atoms with Gasteiger partial charge in [-0.05, 0) is 49.2 Å². The zero-order valence-electron chi connectivity index (χ0n) is 15.6. The van der Waals surface area contributed by atoms with Gasteiger partial charge in [0, 0.05) is 50.4 Å². The van der Waals surface area contributed by atoms with Gasteiger partial charge in [-0.1, -0.05) is 13.8 Å². The number of benzene rings is 1. The van der Waals surface area contributed by atoms with Crippen LogP contribution in [0.4, 0.5) is 17.1 Å².